The fraction of sp³-hybridized carbons (Fsp3) is 0.867. The van der Waals surface area contributed by atoms with Crippen molar-refractivity contribution in [3.05, 3.63) is 0 Å². The second-order valence-electron chi connectivity index (χ2n) is 7.67. The minimum Gasteiger partial charge on any atom is -0.444 e. The van der Waals surface area contributed by atoms with E-state index in [2.05, 4.69) is 0 Å². The number of primary sulfonamides is 1. The molecule has 2 saturated heterocycles. The minimum absolute atomic E-state index is 0.0697. The summed E-state index contributed by atoms with van der Waals surface area (Å²) in [6, 6.07) is -0.0933. The van der Waals surface area contributed by atoms with Gasteiger partial charge in [0.15, 0.2) is 0 Å². The number of ether oxygens (including phenoxy) is 1. The van der Waals surface area contributed by atoms with E-state index in [1.54, 1.807) is 9.80 Å². The minimum atomic E-state index is -3.59. The molecule has 0 spiro atoms. The molecule has 0 aromatic carbocycles. The van der Waals surface area contributed by atoms with Crippen LogP contribution in [0.1, 0.15) is 40.0 Å². The van der Waals surface area contributed by atoms with Crippen molar-refractivity contribution in [2.75, 3.05) is 25.4 Å². The van der Waals surface area contributed by atoms with Crippen LogP contribution in [0, 0.1) is 5.92 Å². The number of hydrogen-bond acceptors (Lipinski definition) is 5. The lowest BCUT2D eigenvalue weighted by molar-refractivity contribution is -0.130. The van der Waals surface area contributed by atoms with Gasteiger partial charge < -0.3 is 14.5 Å². The Labute approximate surface area is 143 Å². The SMILES string of the molecule is CC(C)(C)OC(=O)N1CCCC(N2CC(CS(N)(=O)=O)CC2=O)C1. The maximum absolute atomic E-state index is 12.2. The molecular formula is C15H27N3O5S. The quantitative estimate of drug-likeness (QED) is 0.788. The van der Waals surface area contributed by atoms with Crippen molar-refractivity contribution in [1.82, 2.24) is 9.80 Å². The smallest absolute Gasteiger partial charge is 0.410 e. The number of carbonyl (C=O) groups is 2. The van der Waals surface area contributed by atoms with E-state index in [-0.39, 0.29) is 36.1 Å². The predicted octanol–water partition coefficient (Wildman–Crippen LogP) is 0.523. The van der Waals surface area contributed by atoms with Gasteiger partial charge in [-0.15, -0.1) is 0 Å². The molecule has 0 radical (unpaired) electrons. The van der Waals surface area contributed by atoms with Gasteiger partial charge in [-0.25, -0.2) is 18.4 Å². The van der Waals surface area contributed by atoms with E-state index in [0.29, 0.717) is 19.6 Å². The maximum atomic E-state index is 12.2. The summed E-state index contributed by atoms with van der Waals surface area (Å²) in [6.07, 6.45) is 1.40. The molecule has 2 heterocycles. The number of amides is 2. The first-order valence-corrected chi connectivity index (χ1v) is 9.94. The van der Waals surface area contributed by atoms with Gasteiger partial charge in [-0.2, -0.15) is 0 Å². The topological polar surface area (TPSA) is 110 Å². The van der Waals surface area contributed by atoms with Crippen molar-refractivity contribution < 1.29 is 22.7 Å². The van der Waals surface area contributed by atoms with Crippen molar-refractivity contribution in [3.8, 4) is 0 Å². The van der Waals surface area contributed by atoms with Crippen LogP contribution in [-0.2, 0) is 19.6 Å². The van der Waals surface area contributed by atoms with E-state index in [1.165, 1.54) is 0 Å². The lowest BCUT2D eigenvalue weighted by atomic mass is 10.0. The highest BCUT2D eigenvalue weighted by molar-refractivity contribution is 7.89. The zero-order valence-corrected chi connectivity index (χ0v) is 15.3. The molecule has 0 aromatic rings. The number of piperidine rings is 1. The fourth-order valence-corrected chi connectivity index (χ4v) is 4.18. The summed E-state index contributed by atoms with van der Waals surface area (Å²) < 4.78 is 27.8. The molecule has 9 heteroatoms. The molecule has 2 aliphatic rings. The molecule has 0 bridgehead atoms. The van der Waals surface area contributed by atoms with Gasteiger partial charge in [0.1, 0.15) is 5.60 Å². The summed E-state index contributed by atoms with van der Waals surface area (Å²) >= 11 is 0. The Balaban J connectivity index is 1.97. The summed E-state index contributed by atoms with van der Waals surface area (Å²) in [4.78, 5) is 27.8. The van der Waals surface area contributed by atoms with Crippen LogP contribution in [0.15, 0.2) is 0 Å². The molecule has 0 saturated carbocycles. The van der Waals surface area contributed by atoms with E-state index in [1.807, 2.05) is 20.8 Å². The second kappa shape index (κ2) is 6.87. The van der Waals surface area contributed by atoms with Crippen LogP contribution >= 0.6 is 0 Å². The molecule has 2 unspecified atom stereocenters. The van der Waals surface area contributed by atoms with Crippen LogP contribution < -0.4 is 5.14 Å². The highest BCUT2D eigenvalue weighted by Crippen LogP contribution is 2.26. The number of hydrogen-bond donors (Lipinski definition) is 1. The number of likely N-dealkylation sites (tertiary alicyclic amines) is 2. The molecule has 0 aromatic heterocycles. The van der Waals surface area contributed by atoms with E-state index in [9.17, 15) is 18.0 Å². The first-order valence-electron chi connectivity index (χ1n) is 8.22. The zero-order chi connectivity index (χ0) is 18.1. The van der Waals surface area contributed by atoms with E-state index < -0.39 is 15.6 Å². The summed E-state index contributed by atoms with van der Waals surface area (Å²) in [5, 5.41) is 5.08. The Kier molecular flexibility index (Phi) is 5.44. The summed E-state index contributed by atoms with van der Waals surface area (Å²) in [7, 11) is -3.59. The number of carbonyl (C=O) groups excluding carboxylic acids is 2. The monoisotopic (exact) mass is 361 g/mol. The van der Waals surface area contributed by atoms with Gasteiger partial charge in [-0.05, 0) is 33.6 Å². The Hall–Kier alpha value is -1.35. The molecule has 2 amide bonds. The van der Waals surface area contributed by atoms with Gasteiger partial charge >= 0.3 is 6.09 Å². The average molecular weight is 361 g/mol. The maximum Gasteiger partial charge on any atom is 0.410 e. The highest BCUT2D eigenvalue weighted by Gasteiger charge is 2.38. The summed E-state index contributed by atoms with van der Waals surface area (Å²) in [5.74, 6) is -0.526. The Morgan fingerprint density at radius 1 is 1.33 bits per heavy atom. The molecule has 2 N–H and O–H groups in total. The van der Waals surface area contributed by atoms with E-state index in [4.69, 9.17) is 9.88 Å². The van der Waals surface area contributed by atoms with Crippen LogP contribution in [0.3, 0.4) is 0 Å². The van der Waals surface area contributed by atoms with Crippen LogP contribution in [0.5, 0.6) is 0 Å². The standard InChI is InChI=1S/C15H27N3O5S/c1-15(2,3)23-14(20)17-6-4-5-12(9-17)18-8-11(7-13(18)19)10-24(16,21)22/h11-12H,4-10H2,1-3H3,(H2,16,21,22). The normalized spacial score (nSPS) is 25.9. The van der Waals surface area contributed by atoms with Gasteiger partial charge in [-0.1, -0.05) is 0 Å². The van der Waals surface area contributed by atoms with Crippen LogP contribution in [-0.4, -0.2) is 67.2 Å². The number of nitrogens with zero attached hydrogens (tertiary/aromatic N) is 2. The van der Waals surface area contributed by atoms with Crippen molar-refractivity contribution in [3.63, 3.8) is 0 Å². The van der Waals surface area contributed by atoms with E-state index >= 15 is 0 Å². The number of rotatable bonds is 3. The van der Waals surface area contributed by atoms with Gasteiger partial charge in [0.2, 0.25) is 15.9 Å². The van der Waals surface area contributed by atoms with Gasteiger partial charge in [0, 0.05) is 38.0 Å². The first kappa shape index (κ1) is 19.0. The van der Waals surface area contributed by atoms with Crippen molar-refractivity contribution in [2.45, 2.75) is 51.7 Å². The summed E-state index contributed by atoms with van der Waals surface area (Å²) in [5.41, 5.74) is -0.561. The van der Waals surface area contributed by atoms with Crippen LogP contribution in [0.2, 0.25) is 0 Å². The van der Waals surface area contributed by atoms with Crippen LogP contribution in [0.25, 0.3) is 0 Å². The average Bonchev–Trinajstić information content (AvgIpc) is 2.75. The molecule has 8 nitrogen and oxygen atoms in total. The molecule has 2 aliphatic heterocycles. The molecule has 2 rings (SSSR count). The second-order valence-corrected chi connectivity index (χ2v) is 9.33. The molecule has 2 atom stereocenters. The first-order chi connectivity index (χ1) is 10.9. The third-order valence-corrected chi connectivity index (χ3v) is 5.13. The van der Waals surface area contributed by atoms with Crippen LogP contribution in [0.4, 0.5) is 4.79 Å². The Bertz CT molecular complexity index is 599. The molecule has 2 fully saturated rings. The zero-order valence-electron chi connectivity index (χ0n) is 14.5. The van der Waals surface area contributed by atoms with Crippen molar-refractivity contribution >= 4 is 22.0 Å². The molecule has 138 valence electrons. The molecular weight excluding hydrogens is 334 g/mol. The summed E-state index contributed by atoms with van der Waals surface area (Å²) in [6.45, 7) is 6.84. The van der Waals surface area contributed by atoms with Gasteiger partial charge in [-0.3, -0.25) is 4.79 Å². The van der Waals surface area contributed by atoms with Crippen molar-refractivity contribution in [2.24, 2.45) is 11.1 Å². The molecule has 0 aliphatic carbocycles. The van der Waals surface area contributed by atoms with Gasteiger partial charge in [0.05, 0.1) is 5.75 Å². The van der Waals surface area contributed by atoms with Gasteiger partial charge in [0.25, 0.3) is 0 Å². The Morgan fingerprint density at radius 3 is 2.58 bits per heavy atom. The lowest BCUT2D eigenvalue weighted by Gasteiger charge is -2.38. The lowest BCUT2D eigenvalue weighted by Crippen LogP contribution is -2.51. The fourth-order valence-electron chi connectivity index (χ4n) is 3.30. The predicted molar refractivity (Wildman–Crippen MR) is 88.6 cm³/mol. The van der Waals surface area contributed by atoms with E-state index in [0.717, 1.165) is 12.8 Å². The number of sulfonamides is 1. The highest BCUT2D eigenvalue weighted by atomic mass is 32.2. The Morgan fingerprint density at radius 2 is 2.00 bits per heavy atom. The number of nitrogens with two attached hydrogens (primary N) is 1. The third-order valence-electron chi connectivity index (χ3n) is 4.20. The largest absolute Gasteiger partial charge is 0.444 e. The third kappa shape index (κ3) is 5.34. The molecule has 24 heavy (non-hydrogen) atoms. The van der Waals surface area contributed by atoms with Crippen molar-refractivity contribution in [1.29, 1.82) is 0 Å².